The van der Waals surface area contributed by atoms with Gasteiger partial charge in [-0.1, -0.05) is 0 Å². The summed E-state index contributed by atoms with van der Waals surface area (Å²) in [4.78, 5) is 29.8. The maximum atomic E-state index is 14.6. The van der Waals surface area contributed by atoms with Crippen molar-refractivity contribution in [1.82, 2.24) is 9.55 Å². The van der Waals surface area contributed by atoms with Gasteiger partial charge in [-0.2, -0.15) is 0 Å². The van der Waals surface area contributed by atoms with Gasteiger partial charge in [-0.15, -0.1) is 0 Å². The van der Waals surface area contributed by atoms with Crippen LogP contribution in [0.2, 0.25) is 0 Å². The van der Waals surface area contributed by atoms with Crippen molar-refractivity contribution in [2.45, 2.75) is 6.04 Å². The lowest BCUT2D eigenvalue weighted by molar-refractivity contribution is 0.0695. The van der Waals surface area contributed by atoms with Crippen LogP contribution in [0.25, 0.3) is 16.7 Å². The molecule has 0 spiro atoms. The number of hydrogen-bond donors (Lipinski definition) is 3. The van der Waals surface area contributed by atoms with Crippen LogP contribution in [0.15, 0.2) is 29.2 Å². The van der Waals surface area contributed by atoms with Crippen LogP contribution in [0.3, 0.4) is 0 Å². The first-order valence-corrected chi connectivity index (χ1v) is 8.88. The van der Waals surface area contributed by atoms with Crippen molar-refractivity contribution in [3.8, 4) is 5.69 Å². The summed E-state index contributed by atoms with van der Waals surface area (Å²) in [7, 11) is 1.42. The summed E-state index contributed by atoms with van der Waals surface area (Å²) in [5, 5.41) is 11.6. The number of carbonyl (C=O) groups is 1. The highest BCUT2D eigenvalue weighted by molar-refractivity contribution is 5.92. The van der Waals surface area contributed by atoms with Crippen molar-refractivity contribution in [3.63, 3.8) is 0 Å². The molecular weight excluding hydrogens is 403 g/mol. The molecule has 1 aliphatic rings. The summed E-state index contributed by atoms with van der Waals surface area (Å²) < 4.78 is 44.2. The molecule has 11 heteroatoms. The number of aromatic nitrogens is 2. The molecule has 156 valence electrons. The van der Waals surface area contributed by atoms with E-state index in [4.69, 9.17) is 5.73 Å². The number of nitrogens with two attached hydrogens (primary N) is 1. The SMILES string of the molecule is CNc1cc(-n2cc(C(=O)O)c(=O)c3cc(F)c(N4CC(N)C4)nc32)c(F)cc1F. The van der Waals surface area contributed by atoms with Gasteiger partial charge in [0, 0.05) is 38.4 Å². The number of nitrogens with one attached hydrogen (secondary N) is 1. The van der Waals surface area contributed by atoms with Gasteiger partial charge in [0.2, 0.25) is 5.43 Å². The van der Waals surface area contributed by atoms with Gasteiger partial charge in [0.25, 0.3) is 0 Å². The van der Waals surface area contributed by atoms with Gasteiger partial charge in [0.05, 0.1) is 16.8 Å². The van der Waals surface area contributed by atoms with Crippen LogP contribution in [-0.4, -0.2) is 46.8 Å². The smallest absolute Gasteiger partial charge is 0.341 e. The number of carboxylic acids is 1. The van der Waals surface area contributed by atoms with E-state index in [-0.39, 0.29) is 34.3 Å². The number of pyridine rings is 2. The molecule has 4 rings (SSSR count). The summed E-state index contributed by atoms with van der Waals surface area (Å²) >= 11 is 0. The molecular formula is C19H16F3N5O3. The average Bonchev–Trinajstić information content (AvgIpc) is 2.66. The molecule has 3 heterocycles. The molecule has 0 unspecified atom stereocenters. The first-order valence-electron chi connectivity index (χ1n) is 8.88. The number of benzene rings is 1. The fraction of sp³-hybridized carbons (Fsp3) is 0.211. The zero-order chi connectivity index (χ0) is 21.7. The quantitative estimate of drug-likeness (QED) is 0.590. The minimum atomic E-state index is -1.58. The van der Waals surface area contributed by atoms with Crippen LogP contribution in [0.4, 0.5) is 24.7 Å². The Labute approximate surface area is 167 Å². The molecule has 8 nitrogen and oxygen atoms in total. The van der Waals surface area contributed by atoms with Crippen LogP contribution in [0.5, 0.6) is 0 Å². The lowest BCUT2D eigenvalue weighted by Gasteiger charge is -2.38. The molecule has 30 heavy (non-hydrogen) atoms. The van der Waals surface area contributed by atoms with E-state index >= 15 is 0 Å². The molecule has 0 amide bonds. The normalized spacial score (nSPS) is 14.1. The molecule has 0 saturated carbocycles. The predicted octanol–water partition coefficient (Wildman–Crippen LogP) is 1.69. The topological polar surface area (TPSA) is 113 Å². The number of rotatable bonds is 4. The molecule has 1 fully saturated rings. The Morgan fingerprint density at radius 1 is 1.20 bits per heavy atom. The van der Waals surface area contributed by atoms with Gasteiger partial charge in [-0.3, -0.25) is 9.36 Å². The highest BCUT2D eigenvalue weighted by Gasteiger charge is 2.28. The van der Waals surface area contributed by atoms with Gasteiger partial charge < -0.3 is 21.1 Å². The van der Waals surface area contributed by atoms with Gasteiger partial charge in [-0.25, -0.2) is 22.9 Å². The third-order valence-electron chi connectivity index (χ3n) is 4.92. The second-order valence-corrected chi connectivity index (χ2v) is 6.91. The first-order chi connectivity index (χ1) is 14.2. The Morgan fingerprint density at radius 2 is 1.90 bits per heavy atom. The van der Waals surface area contributed by atoms with Crippen molar-refractivity contribution in [3.05, 3.63) is 57.6 Å². The summed E-state index contributed by atoms with van der Waals surface area (Å²) in [6, 6.07) is 2.42. The van der Waals surface area contributed by atoms with Crippen LogP contribution in [0, 0.1) is 17.5 Å². The fourth-order valence-electron chi connectivity index (χ4n) is 3.37. The number of hydrogen-bond acceptors (Lipinski definition) is 6. The van der Waals surface area contributed by atoms with Gasteiger partial charge >= 0.3 is 5.97 Å². The lowest BCUT2D eigenvalue weighted by atomic mass is 10.1. The fourth-order valence-corrected chi connectivity index (χ4v) is 3.37. The number of fused-ring (bicyclic) bond motifs is 1. The third kappa shape index (κ3) is 3.03. The first kappa shape index (κ1) is 19.7. The highest BCUT2D eigenvalue weighted by Crippen LogP contribution is 2.28. The molecule has 2 aromatic heterocycles. The molecule has 4 N–H and O–H groups in total. The summed E-state index contributed by atoms with van der Waals surface area (Å²) in [5.41, 5.74) is 3.55. The second-order valence-electron chi connectivity index (χ2n) is 6.91. The Bertz CT molecular complexity index is 1250. The molecule has 0 atom stereocenters. The highest BCUT2D eigenvalue weighted by atomic mass is 19.1. The Hall–Kier alpha value is -3.60. The van der Waals surface area contributed by atoms with Crippen molar-refractivity contribution < 1.29 is 23.1 Å². The summed E-state index contributed by atoms with van der Waals surface area (Å²) in [6.45, 7) is 0.670. The van der Waals surface area contributed by atoms with E-state index in [1.165, 1.54) is 7.05 Å². The monoisotopic (exact) mass is 419 g/mol. The van der Waals surface area contributed by atoms with E-state index in [9.17, 15) is 27.9 Å². The van der Waals surface area contributed by atoms with E-state index in [1.54, 1.807) is 4.90 Å². The number of nitrogens with zero attached hydrogens (tertiary/aromatic N) is 3. The van der Waals surface area contributed by atoms with E-state index in [2.05, 4.69) is 10.3 Å². The van der Waals surface area contributed by atoms with Crippen molar-refractivity contribution in [2.24, 2.45) is 5.73 Å². The van der Waals surface area contributed by atoms with Gasteiger partial charge in [-0.05, 0) is 12.1 Å². The number of carboxylic acid groups (broad SMARTS) is 1. The minimum Gasteiger partial charge on any atom is -0.477 e. The molecule has 0 aliphatic carbocycles. The average molecular weight is 419 g/mol. The molecule has 1 saturated heterocycles. The molecule has 3 aromatic rings. The summed E-state index contributed by atoms with van der Waals surface area (Å²) in [6.07, 6.45) is 0.888. The molecule has 1 aromatic carbocycles. The predicted molar refractivity (Wildman–Crippen MR) is 104 cm³/mol. The zero-order valence-electron chi connectivity index (χ0n) is 15.6. The van der Waals surface area contributed by atoms with Gasteiger partial charge in [0.1, 0.15) is 17.2 Å². The Morgan fingerprint density at radius 3 is 2.50 bits per heavy atom. The molecule has 0 radical (unpaired) electrons. The largest absolute Gasteiger partial charge is 0.477 e. The second kappa shape index (κ2) is 7.02. The van der Waals surface area contributed by atoms with Crippen LogP contribution < -0.4 is 21.4 Å². The zero-order valence-corrected chi connectivity index (χ0v) is 15.6. The number of aromatic carboxylic acids is 1. The maximum Gasteiger partial charge on any atom is 0.341 e. The van der Waals surface area contributed by atoms with Gasteiger partial charge in [0.15, 0.2) is 17.3 Å². The minimum absolute atomic E-state index is 0.0637. The van der Waals surface area contributed by atoms with Crippen LogP contribution in [0.1, 0.15) is 10.4 Å². The van der Waals surface area contributed by atoms with Crippen molar-refractivity contribution >= 4 is 28.5 Å². The lowest BCUT2D eigenvalue weighted by Crippen LogP contribution is -2.56. The molecule has 1 aliphatic heterocycles. The third-order valence-corrected chi connectivity index (χ3v) is 4.92. The van der Waals surface area contributed by atoms with E-state index in [0.29, 0.717) is 19.2 Å². The Kier molecular flexibility index (Phi) is 4.61. The maximum absolute atomic E-state index is 14.6. The van der Waals surface area contributed by atoms with Crippen molar-refractivity contribution in [1.29, 1.82) is 0 Å². The number of halogens is 3. The van der Waals surface area contributed by atoms with E-state index in [1.807, 2.05) is 0 Å². The number of anilines is 2. The van der Waals surface area contributed by atoms with Crippen LogP contribution in [-0.2, 0) is 0 Å². The van der Waals surface area contributed by atoms with E-state index in [0.717, 1.165) is 22.9 Å². The standard InChI is InChI=1S/C19H16F3N5O3/c1-24-14-4-15(12(21)3-11(14)20)27-7-10(19(29)30)16(28)9-2-13(22)18(25-17(9)27)26-5-8(23)6-26/h2-4,7-8,24H,5-6,23H2,1H3,(H,29,30). The van der Waals surface area contributed by atoms with Crippen molar-refractivity contribution in [2.75, 3.05) is 30.4 Å². The molecule has 0 bridgehead atoms. The summed E-state index contributed by atoms with van der Waals surface area (Å²) in [5.74, 6) is -4.40. The Balaban J connectivity index is 2.07. The van der Waals surface area contributed by atoms with E-state index < -0.39 is 34.4 Å². The van der Waals surface area contributed by atoms with Crippen LogP contribution >= 0.6 is 0 Å².